The van der Waals surface area contributed by atoms with Crippen molar-refractivity contribution in [3.8, 4) is 0 Å². The van der Waals surface area contributed by atoms with Crippen LogP contribution in [0.3, 0.4) is 0 Å². The van der Waals surface area contributed by atoms with Crippen molar-refractivity contribution in [2.24, 2.45) is 0 Å². The normalized spacial score (nSPS) is 14.7. The molecule has 0 aliphatic carbocycles. The van der Waals surface area contributed by atoms with Crippen LogP contribution in [0.5, 0.6) is 0 Å². The maximum absolute atomic E-state index is 11.0. The summed E-state index contributed by atoms with van der Waals surface area (Å²) in [6, 6.07) is 0. The lowest BCUT2D eigenvalue weighted by Crippen LogP contribution is -2.41. The van der Waals surface area contributed by atoms with Crippen LogP contribution in [-0.4, -0.2) is 71.6 Å². The average Bonchev–Trinajstić information content (AvgIpc) is 2.14. The third-order valence-corrected chi connectivity index (χ3v) is 1.58. The van der Waals surface area contributed by atoms with Crippen molar-refractivity contribution in [1.82, 2.24) is 4.90 Å². The van der Waals surface area contributed by atoms with Gasteiger partial charge in [-0.15, -0.1) is 0 Å². The number of hydrogen-bond acceptors (Lipinski definition) is 6. The lowest BCUT2D eigenvalue weighted by atomic mass is 10.2. The van der Waals surface area contributed by atoms with E-state index in [0.29, 0.717) is 6.54 Å². The van der Waals surface area contributed by atoms with Crippen LogP contribution >= 0.6 is 0 Å². The van der Waals surface area contributed by atoms with Crippen molar-refractivity contribution in [3.05, 3.63) is 0 Å². The zero-order valence-electron chi connectivity index (χ0n) is 8.58. The number of hydrogen-bond donors (Lipinski definition) is 3. The smallest absolute Gasteiger partial charge is 0.338 e. The van der Waals surface area contributed by atoms with Crippen LogP contribution in [0.25, 0.3) is 0 Å². The summed E-state index contributed by atoms with van der Waals surface area (Å²) in [6.07, 6.45) is -4.21. The molecule has 7 heteroatoms. The first-order valence-electron chi connectivity index (χ1n) is 4.26. The molecule has 7 nitrogen and oxygen atoms in total. The van der Waals surface area contributed by atoms with Gasteiger partial charge in [-0.25, -0.2) is 9.59 Å². The van der Waals surface area contributed by atoms with E-state index in [4.69, 9.17) is 15.3 Å². The van der Waals surface area contributed by atoms with Crippen LogP contribution < -0.4 is 0 Å². The predicted octanol–water partition coefficient (Wildman–Crippen LogP) is -2.10. The predicted molar refractivity (Wildman–Crippen MR) is 49.2 cm³/mol. The summed E-state index contributed by atoms with van der Waals surface area (Å²) >= 11 is 0. The van der Waals surface area contributed by atoms with Crippen LogP contribution in [0.15, 0.2) is 0 Å². The van der Waals surface area contributed by atoms with Crippen molar-refractivity contribution in [2.75, 3.05) is 27.2 Å². The van der Waals surface area contributed by atoms with Crippen molar-refractivity contribution >= 4 is 11.9 Å². The molecule has 15 heavy (non-hydrogen) atoms. The third-order valence-electron chi connectivity index (χ3n) is 1.58. The standard InChI is InChI=1S/C8H15NO6/c1-9(2)3-4-15-8(14)6(11)5(10)7(12)13/h5-6,10-11H,3-4H2,1-2H3,(H,12,13)/t5-,6-/m1/s1. The number of aliphatic hydroxyl groups excluding tert-OH is 2. The monoisotopic (exact) mass is 221 g/mol. The average molecular weight is 221 g/mol. The van der Waals surface area contributed by atoms with E-state index in [9.17, 15) is 9.59 Å². The van der Waals surface area contributed by atoms with Gasteiger partial charge < -0.3 is 25.0 Å². The molecule has 0 saturated carbocycles. The largest absolute Gasteiger partial charge is 0.479 e. The first-order valence-corrected chi connectivity index (χ1v) is 4.26. The Labute approximate surface area is 86.9 Å². The van der Waals surface area contributed by atoms with Crippen molar-refractivity contribution in [2.45, 2.75) is 12.2 Å². The van der Waals surface area contributed by atoms with Crippen molar-refractivity contribution < 1.29 is 29.6 Å². The molecule has 0 rings (SSSR count). The second-order valence-corrected chi connectivity index (χ2v) is 3.20. The second-order valence-electron chi connectivity index (χ2n) is 3.20. The van der Waals surface area contributed by atoms with Crippen LogP contribution in [0.1, 0.15) is 0 Å². The van der Waals surface area contributed by atoms with E-state index in [0.717, 1.165) is 0 Å². The zero-order valence-corrected chi connectivity index (χ0v) is 8.58. The summed E-state index contributed by atoms with van der Waals surface area (Å²) in [4.78, 5) is 22.9. The Kier molecular flexibility index (Phi) is 5.83. The van der Waals surface area contributed by atoms with Gasteiger partial charge in [-0.3, -0.25) is 0 Å². The highest BCUT2D eigenvalue weighted by atomic mass is 16.6. The number of likely N-dealkylation sites (N-methyl/N-ethyl adjacent to an activating group) is 1. The number of esters is 1. The van der Waals surface area contributed by atoms with E-state index in [2.05, 4.69) is 4.74 Å². The van der Waals surface area contributed by atoms with E-state index in [1.807, 2.05) is 0 Å². The highest BCUT2D eigenvalue weighted by Gasteiger charge is 2.31. The fraction of sp³-hybridized carbons (Fsp3) is 0.750. The minimum atomic E-state index is -2.16. The number of aliphatic hydroxyl groups is 2. The summed E-state index contributed by atoms with van der Waals surface area (Å²) in [6.45, 7) is 0.469. The lowest BCUT2D eigenvalue weighted by Gasteiger charge is -2.14. The van der Waals surface area contributed by atoms with Gasteiger partial charge in [0.2, 0.25) is 0 Å². The molecule has 0 unspecified atom stereocenters. The minimum Gasteiger partial charge on any atom is -0.479 e. The number of carboxylic acids is 1. The molecule has 0 bridgehead atoms. The molecule has 0 fully saturated rings. The molecule has 0 aromatic rings. The van der Waals surface area contributed by atoms with Crippen LogP contribution in [0.2, 0.25) is 0 Å². The topological polar surface area (TPSA) is 107 Å². The maximum Gasteiger partial charge on any atom is 0.338 e. The van der Waals surface area contributed by atoms with Gasteiger partial charge in [0, 0.05) is 6.54 Å². The van der Waals surface area contributed by atoms with Gasteiger partial charge in [0.05, 0.1) is 0 Å². The molecule has 0 heterocycles. The van der Waals surface area contributed by atoms with Crippen molar-refractivity contribution in [3.63, 3.8) is 0 Å². The fourth-order valence-corrected chi connectivity index (χ4v) is 0.678. The number of carbonyl (C=O) groups is 2. The molecule has 0 aromatic carbocycles. The van der Waals surface area contributed by atoms with Gasteiger partial charge in [-0.1, -0.05) is 0 Å². The number of carbonyl (C=O) groups excluding carboxylic acids is 1. The van der Waals surface area contributed by atoms with Crippen molar-refractivity contribution in [1.29, 1.82) is 0 Å². The second kappa shape index (κ2) is 6.33. The Hall–Kier alpha value is -1.18. The highest BCUT2D eigenvalue weighted by molar-refractivity contribution is 5.84. The Morgan fingerprint density at radius 3 is 2.20 bits per heavy atom. The molecule has 2 atom stereocenters. The summed E-state index contributed by atoms with van der Waals surface area (Å²) in [5, 5.41) is 26.1. The molecule has 0 amide bonds. The molecule has 88 valence electrons. The van der Waals surface area contributed by atoms with Gasteiger partial charge in [0.1, 0.15) is 6.61 Å². The summed E-state index contributed by atoms with van der Waals surface area (Å²) in [7, 11) is 3.52. The summed E-state index contributed by atoms with van der Waals surface area (Å²) < 4.78 is 4.53. The lowest BCUT2D eigenvalue weighted by molar-refractivity contribution is -0.169. The maximum atomic E-state index is 11.0. The van der Waals surface area contributed by atoms with Crippen LogP contribution in [0.4, 0.5) is 0 Å². The molecule has 0 radical (unpaired) electrons. The SMILES string of the molecule is CN(C)CCOC(=O)[C@H](O)[C@@H](O)C(=O)O. The minimum absolute atomic E-state index is 0.0230. The van der Waals surface area contributed by atoms with Gasteiger partial charge >= 0.3 is 11.9 Å². The van der Waals surface area contributed by atoms with E-state index in [-0.39, 0.29) is 6.61 Å². The number of aliphatic carboxylic acids is 1. The third kappa shape index (κ3) is 5.31. The fourth-order valence-electron chi connectivity index (χ4n) is 0.678. The molecular weight excluding hydrogens is 206 g/mol. The Morgan fingerprint density at radius 1 is 1.27 bits per heavy atom. The molecule has 0 aliphatic rings. The van der Waals surface area contributed by atoms with Gasteiger partial charge in [0.25, 0.3) is 0 Å². The van der Waals surface area contributed by atoms with Crippen LogP contribution in [-0.2, 0) is 14.3 Å². The highest BCUT2D eigenvalue weighted by Crippen LogP contribution is 1.97. The number of rotatable bonds is 6. The van der Waals surface area contributed by atoms with E-state index in [1.54, 1.807) is 19.0 Å². The van der Waals surface area contributed by atoms with E-state index >= 15 is 0 Å². The summed E-state index contributed by atoms with van der Waals surface area (Å²) in [5.74, 6) is -2.82. The zero-order chi connectivity index (χ0) is 12.0. The molecule has 3 N–H and O–H groups in total. The molecule has 0 aliphatic heterocycles. The van der Waals surface area contributed by atoms with Gasteiger partial charge in [0.15, 0.2) is 12.2 Å². The van der Waals surface area contributed by atoms with E-state index < -0.39 is 24.1 Å². The Bertz CT molecular complexity index is 229. The molecule has 0 aromatic heterocycles. The van der Waals surface area contributed by atoms with Crippen LogP contribution in [0, 0.1) is 0 Å². The molecule has 0 spiro atoms. The number of carboxylic acid groups (broad SMARTS) is 1. The van der Waals surface area contributed by atoms with Gasteiger partial charge in [-0.05, 0) is 14.1 Å². The number of ether oxygens (including phenoxy) is 1. The molecule has 0 saturated heterocycles. The van der Waals surface area contributed by atoms with E-state index in [1.165, 1.54) is 0 Å². The first kappa shape index (κ1) is 13.8. The number of nitrogens with zero attached hydrogens (tertiary/aromatic N) is 1. The first-order chi connectivity index (χ1) is 6.86. The summed E-state index contributed by atoms with van der Waals surface area (Å²) in [5.41, 5.74) is 0. The molecular formula is C8H15NO6. The van der Waals surface area contributed by atoms with Gasteiger partial charge in [-0.2, -0.15) is 0 Å². The Morgan fingerprint density at radius 2 is 1.80 bits per heavy atom. The Balaban J connectivity index is 3.94. The quantitative estimate of drug-likeness (QED) is 0.441.